The second-order valence-electron chi connectivity index (χ2n) is 5.81. The number of rotatable bonds is 3. The number of hydrogen-bond acceptors (Lipinski definition) is 4. The summed E-state index contributed by atoms with van der Waals surface area (Å²) in [5.74, 6) is -1.74. The van der Waals surface area contributed by atoms with E-state index in [0.29, 0.717) is 15.7 Å². The molecule has 6 nitrogen and oxygen atoms in total. The van der Waals surface area contributed by atoms with Crippen molar-refractivity contribution in [3.63, 3.8) is 0 Å². The number of carbonyl (C=O) groups is 2. The van der Waals surface area contributed by atoms with E-state index in [1.165, 1.54) is 6.20 Å². The van der Waals surface area contributed by atoms with E-state index in [1.54, 1.807) is 24.3 Å². The van der Waals surface area contributed by atoms with Crippen molar-refractivity contribution in [3.05, 3.63) is 36.2 Å². The first-order chi connectivity index (χ1) is 11.7. The molecule has 25 heavy (non-hydrogen) atoms. The molecule has 1 fully saturated rings. The fourth-order valence-corrected chi connectivity index (χ4v) is 2.81. The lowest BCUT2D eigenvalue weighted by molar-refractivity contribution is -0.157. The van der Waals surface area contributed by atoms with E-state index >= 15 is 0 Å². The molecule has 2 amide bonds. The van der Waals surface area contributed by atoms with Gasteiger partial charge in [-0.05, 0) is 0 Å². The SMILES string of the molecule is O=C(NC1CC(=O)N(CC(F)(F)F)C1)c1ncc2ccccc2c1O. The molecule has 0 spiro atoms. The highest BCUT2D eigenvalue weighted by Crippen LogP contribution is 2.27. The minimum atomic E-state index is -4.49. The number of carbonyl (C=O) groups excluding carboxylic acids is 2. The molecule has 9 heteroatoms. The Balaban J connectivity index is 1.73. The van der Waals surface area contributed by atoms with Crippen LogP contribution in [-0.2, 0) is 4.79 Å². The molecule has 2 N–H and O–H groups in total. The molecule has 1 aromatic heterocycles. The summed E-state index contributed by atoms with van der Waals surface area (Å²) in [4.78, 5) is 28.5. The van der Waals surface area contributed by atoms with Gasteiger partial charge in [0.1, 0.15) is 6.54 Å². The fourth-order valence-electron chi connectivity index (χ4n) is 2.81. The van der Waals surface area contributed by atoms with E-state index in [0.717, 1.165) is 0 Å². The maximum Gasteiger partial charge on any atom is 0.406 e. The van der Waals surface area contributed by atoms with Crippen LogP contribution in [-0.4, -0.2) is 52.1 Å². The number of nitrogens with one attached hydrogen (secondary N) is 1. The van der Waals surface area contributed by atoms with Gasteiger partial charge in [-0.1, -0.05) is 24.3 Å². The van der Waals surface area contributed by atoms with E-state index < -0.39 is 30.6 Å². The Morgan fingerprint density at radius 3 is 2.80 bits per heavy atom. The third-order valence-electron chi connectivity index (χ3n) is 3.91. The summed E-state index contributed by atoms with van der Waals surface area (Å²) in [6.07, 6.45) is -3.30. The third kappa shape index (κ3) is 3.65. The molecule has 1 unspecified atom stereocenters. The monoisotopic (exact) mass is 353 g/mol. The number of aromatic hydroxyl groups is 1. The number of likely N-dealkylation sites (tertiary alicyclic amines) is 1. The quantitative estimate of drug-likeness (QED) is 0.882. The number of hydrogen-bond donors (Lipinski definition) is 2. The zero-order valence-electron chi connectivity index (χ0n) is 12.9. The Labute approximate surface area is 140 Å². The predicted molar refractivity (Wildman–Crippen MR) is 81.9 cm³/mol. The number of pyridine rings is 1. The predicted octanol–water partition coefficient (Wildman–Crippen LogP) is 1.83. The lowest BCUT2D eigenvalue weighted by Gasteiger charge is -2.18. The zero-order valence-corrected chi connectivity index (χ0v) is 12.9. The number of nitrogens with zero attached hydrogens (tertiary/aromatic N) is 2. The van der Waals surface area contributed by atoms with Crippen molar-refractivity contribution >= 4 is 22.6 Å². The number of halogens is 3. The fraction of sp³-hybridized carbons (Fsp3) is 0.312. The second-order valence-corrected chi connectivity index (χ2v) is 5.81. The molecule has 0 aliphatic carbocycles. The standard InChI is InChI=1S/C16H14F3N3O3/c17-16(18,19)8-22-7-10(5-12(22)23)21-15(25)13-14(24)11-4-2-1-3-9(11)6-20-13/h1-4,6,10,24H,5,7-8H2,(H,21,25). The molecule has 1 atom stereocenters. The van der Waals surface area contributed by atoms with Gasteiger partial charge < -0.3 is 15.3 Å². The molecule has 0 saturated carbocycles. The number of fused-ring (bicyclic) bond motifs is 1. The molecule has 1 saturated heterocycles. The summed E-state index contributed by atoms with van der Waals surface area (Å²) in [7, 11) is 0. The molecule has 0 bridgehead atoms. The van der Waals surface area contributed by atoms with Crippen LogP contribution in [0.5, 0.6) is 5.75 Å². The highest BCUT2D eigenvalue weighted by Gasteiger charge is 2.39. The van der Waals surface area contributed by atoms with Crippen LogP contribution in [0.4, 0.5) is 13.2 Å². The number of aromatic nitrogens is 1. The third-order valence-corrected chi connectivity index (χ3v) is 3.91. The van der Waals surface area contributed by atoms with Crippen LogP contribution in [0.2, 0.25) is 0 Å². The Morgan fingerprint density at radius 1 is 1.36 bits per heavy atom. The van der Waals surface area contributed by atoms with Gasteiger partial charge in [0.15, 0.2) is 11.4 Å². The van der Waals surface area contributed by atoms with Crippen LogP contribution in [0, 0.1) is 0 Å². The van der Waals surface area contributed by atoms with Gasteiger partial charge >= 0.3 is 6.18 Å². The average Bonchev–Trinajstić information content (AvgIpc) is 2.85. The molecule has 2 heterocycles. The van der Waals surface area contributed by atoms with E-state index in [9.17, 15) is 27.9 Å². The van der Waals surface area contributed by atoms with E-state index in [4.69, 9.17) is 0 Å². The second kappa shape index (κ2) is 6.23. The van der Waals surface area contributed by atoms with Gasteiger partial charge in [-0.3, -0.25) is 9.59 Å². The molecular formula is C16H14F3N3O3. The minimum Gasteiger partial charge on any atom is -0.505 e. The van der Waals surface area contributed by atoms with Crippen LogP contribution in [0.15, 0.2) is 30.5 Å². The average molecular weight is 353 g/mol. The highest BCUT2D eigenvalue weighted by atomic mass is 19.4. The Hall–Kier alpha value is -2.84. The summed E-state index contributed by atoms with van der Waals surface area (Å²) >= 11 is 0. The van der Waals surface area contributed by atoms with E-state index in [-0.39, 0.29) is 24.4 Å². The lowest BCUT2D eigenvalue weighted by Crippen LogP contribution is -2.40. The van der Waals surface area contributed by atoms with Crippen molar-refractivity contribution in [3.8, 4) is 5.75 Å². The molecule has 0 radical (unpaired) electrons. The van der Waals surface area contributed by atoms with Crippen molar-refractivity contribution in [2.75, 3.05) is 13.1 Å². The lowest BCUT2D eigenvalue weighted by atomic mass is 10.1. The molecular weight excluding hydrogens is 339 g/mol. The van der Waals surface area contributed by atoms with Gasteiger partial charge in [-0.2, -0.15) is 13.2 Å². The minimum absolute atomic E-state index is 0.226. The van der Waals surface area contributed by atoms with Crippen LogP contribution in [0.25, 0.3) is 10.8 Å². The normalized spacial score (nSPS) is 18.0. The van der Waals surface area contributed by atoms with E-state index in [1.807, 2.05) is 0 Å². The smallest absolute Gasteiger partial charge is 0.406 e. The number of benzene rings is 1. The summed E-state index contributed by atoms with van der Waals surface area (Å²) in [6.45, 7) is -1.59. The van der Waals surface area contributed by atoms with Gasteiger partial charge in [0.25, 0.3) is 5.91 Å². The summed E-state index contributed by atoms with van der Waals surface area (Å²) in [5.41, 5.74) is -0.236. The van der Waals surface area contributed by atoms with Crippen molar-refractivity contribution in [2.24, 2.45) is 0 Å². The maximum atomic E-state index is 12.4. The van der Waals surface area contributed by atoms with Crippen molar-refractivity contribution in [1.82, 2.24) is 15.2 Å². The van der Waals surface area contributed by atoms with Crippen molar-refractivity contribution < 1.29 is 27.9 Å². The van der Waals surface area contributed by atoms with Gasteiger partial charge in [-0.15, -0.1) is 0 Å². The number of amides is 2. The van der Waals surface area contributed by atoms with Crippen LogP contribution in [0.3, 0.4) is 0 Å². The van der Waals surface area contributed by atoms with Gasteiger partial charge in [-0.25, -0.2) is 4.98 Å². The summed E-state index contributed by atoms with van der Waals surface area (Å²) < 4.78 is 37.2. The Kier molecular flexibility index (Phi) is 4.23. The number of alkyl halides is 3. The van der Waals surface area contributed by atoms with Gasteiger partial charge in [0.05, 0.1) is 6.04 Å². The van der Waals surface area contributed by atoms with Crippen LogP contribution >= 0.6 is 0 Å². The van der Waals surface area contributed by atoms with Crippen LogP contribution in [0.1, 0.15) is 16.9 Å². The molecule has 1 aromatic carbocycles. The zero-order chi connectivity index (χ0) is 18.2. The first-order valence-corrected chi connectivity index (χ1v) is 7.46. The molecule has 1 aliphatic heterocycles. The summed E-state index contributed by atoms with van der Waals surface area (Å²) in [5, 5.41) is 13.7. The first kappa shape index (κ1) is 17.0. The molecule has 2 aromatic rings. The molecule has 132 valence electrons. The van der Waals surface area contributed by atoms with Gasteiger partial charge in [0.2, 0.25) is 5.91 Å². The van der Waals surface area contributed by atoms with Crippen molar-refractivity contribution in [1.29, 1.82) is 0 Å². The van der Waals surface area contributed by atoms with Crippen LogP contribution < -0.4 is 5.32 Å². The Bertz CT molecular complexity index is 838. The molecule has 1 aliphatic rings. The molecule has 3 rings (SSSR count). The van der Waals surface area contributed by atoms with Gasteiger partial charge in [0, 0.05) is 29.9 Å². The van der Waals surface area contributed by atoms with E-state index in [2.05, 4.69) is 10.3 Å². The topological polar surface area (TPSA) is 82.5 Å². The summed E-state index contributed by atoms with van der Waals surface area (Å²) in [6, 6.07) is 6.01. The highest BCUT2D eigenvalue weighted by molar-refractivity contribution is 6.01. The largest absolute Gasteiger partial charge is 0.505 e. The maximum absolute atomic E-state index is 12.4. The van der Waals surface area contributed by atoms with Crippen molar-refractivity contribution in [2.45, 2.75) is 18.6 Å². The Morgan fingerprint density at radius 2 is 2.08 bits per heavy atom. The first-order valence-electron chi connectivity index (χ1n) is 7.46.